The van der Waals surface area contributed by atoms with Crippen molar-refractivity contribution in [2.45, 2.75) is 57.3 Å². The van der Waals surface area contributed by atoms with Gasteiger partial charge >= 0.3 is 5.97 Å². The number of fused-ring (bicyclic) bond motifs is 2. The Balaban J connectivity index is 1.09. The molecular weight excluding hydrogens is 693 g/mol. The Morgan fingerprint density at radius 1 is 0.830 bits per heavy atom. The maximum Gasteiger partial charge on any atom is 0.310 e. The molecule has 4 aliphatic rings. The lowest BCUT2D eigenvalue weighted by Crippen LogP contribution is -2.50. The highest BCUT2D eigenvalue weighted by molar-refractivity contribution is 7.11. The summed E-state index contributed by atoms with van der Waals surface area (Å²) in [5.41, 5.74) is 4.89. The van der Waals surface area contributed by atoms with Crippen LogP contribution in [-0.2, 0) is 27.4 Å². The van der Waals surface area contributed by atoms with Crippen LogP contribution in [0.25, 0.3) is 0 Å². The third-order valence-electron chi connectivity index (χ3n) is 11.0. The number of carbonyl (C=O) groups is 5. The zero-order chi connectivity index (χ0) is 36.5. The molecule has 4 heterocycles. The summed E-state index contributed by atoms with van der Waals surface area (Å²) in [6.45, 7) is 1.34. The predicted octanol–water partition coefficient (Wildman–Crippen LogP) is 5.71. The van der Waals surface area contributed by atoms with Gasteiger partial charge in [-0.2, -0.15) is 0 Å². The monoisotopic (exact) mass is 732 g/mol. The van der Waals surface area contributed by atoms with Crippen LogP contribution in [0, 0.1) is 11.8 Å². The second-order valence-corrected chi connectivity index (χ2v) is 15.0. The van der Waals surface area contributed by atoms with Crippen LogP contribution < -0.4 is 4.74 Å². The zero-order valence-corrected chi connectivity index (χ0v) is 30.0. The molecule has 4 aromatic rings. The van der Waals surface area contributed by atoms with Crippen molar-refractivity contribution in [1.82, 2.24) is 19.7 Å². The number of ether oxygens (including phenoxy) is 2. The Morgan fingerprint density at radius 2 is 1.57 bits per heavy atom. The zero-order valence-electron chi connectivity index (χ0n) is 29.2. The van der Waals surface area contributed by atoms with Gasteiger partial charge in [0.15, 0.2) is 0 Å². The fourth-order valence-electron chi connectivity index (χ4n) is 8.30. The van der Waals surface area contributed by atoms with E-state index in [0.717, 1.165) is 29.5 Å². The highest BCUT2D eigenvalue weighted by atomic mass is 32.1. The molecule has 272 valence electrons. The van der Waals surface area contributed by atoms with E-state index in [1.54, 1.807) is 45.8 Å². The number of aromatic nitrogens is 1. The summed E-state index contributed by atoms with van der Waals surface area (Å²) < 4.78 is 12.5. The quantitative estimate of drug-likeness (QED) is 0.158. The molecule has 3 aliphatic heterocycles. The van der Waals surface area contributed by atoms with Gasteiger partial charge in [0.1, 0.15) is 23.3 Å². The number of carbonyl (C=O) groups excluding carboxylic acids is 5. The van der Waals surface area contributed by atoms with Crippen molar-refractivity contribution >= 4 is 40.9 Å². The van der Waals surface area contributed by atoms with Gasteiger partial charge in [-0.3, -0.25) is 33.9 Å². The first-order valence-corrected chi connectivity index (χ1v) is 19.2. The number of hydrogen-bond donors (Lipinski definition) is 0. The minimum absolute atomic E-state index is 0.0675. The molecule has 2 fully saturated rings. The maximum atomic E-state index is 14.8. The average Bonchev–Trinajstić information content (AvgIpc) is 3.96. The smallest absolute Gasteiger partial charge is 0.310 e. The molecule has 1 aliphatic carbocycles. The minimum Gasteiger partial charge on any atom is -0.488 e. The number of benzene rings is 3. The number of amides is 4. The van der Waals surface area contributed by atoms with E-state index in [-0.39, 0.29) is 37.0 Å². The largest absolute Gasteiger partial charge is 0.488 e. The molecule has 1 saturated carbocycles. The summed E-state index contributed by atoms with van der Waals surface area (Å²) in [5.74, 6) is -2.12. The highest BCUT2D eigenvalue weighted by Crippen LogP contribution is 2.42. The molecule has 11 nitrogen and oxygen atoms in total. The number of nitrogens with zero attached hydrogens (tertiary/aromatic N) is 4. The van der Waals surface area contributed by atoms with Gasteiger partial charge in [0.05, 0.1) is 53.8 Å². The van der Waals surface area contributed by atoms with Crippen LogP contribution in [-0.4, -0.2) is 81.6 Å². The highest BCUT2D eigenvalue weighted by Gasteiger charge is 2.45. The normalized spacial score (nSPS) is 22.4. The number of hydrogen-bond acceptors (Lipinski definition) is 9. The van der Waals surface area contributed by atoms with Gasteiger partial charge in [0.25, 0.3) is 17.7 Å². The summed E-state index contributed by atoms with van der Waals surface area (Å²) in [6.07, 6.45) is 5.14. The van der Waals surface area contributed by atoms with Gasteiger partial charge in [0, 0.05) is 25.1 Å². The van der Waals surface area contributed by atoms with Crippen molar-refractivity contribution in [2.75, 3.05) is 26.2 Å². The third kappa shape index (κ3) is 6.83. The van der Waals surface area contributed by atoms with Gasteiger partial charge in [-0.1, -0.05) is 67.4 Å². The van der Waals surface area contributed by atoms with E-state index in [0.29, 0.717) is 67.1 Å². The lowest BCUT2D eigenvalue weighted by molar-refractivity contribution is -0.159. The SMILES string of the molecule is O=C(OCc1ccccc1)[C@H]1CCCC[C@H]1C(=O)N1CCc2cccc(O[C@H]3CCN(C(=O)c4cncs4)C3)c2[C@H]1CN1C(=O)c2ccccc2C1=O. The van der Waals surface area contributed by atoms with Crippen LogP contribution in [0.2, 0.25) is 0 Å². The van der Waals surface area contributed by atoms with E-state index in [4.69, 9.17) is 9.47 Å². The van der Waals surface area contributed by atoms with E-state index >= 15 is 0 Å². The summed E-state index contributed by atoms with van der Waals surface area (Å²) in [5, 5.41) is 0. The molecule has 53 heavy (non-hydrogen) atoms. The second kappa shape index (κ2) is 14.9. The predicted molar refractivity (Wildman–Crippen MR) is 195 cm³/mol. The van der Waals surface area contributed by atoms with Crippen LogP contribution >= 0.6 is 11.3 Å². The molecule has 0 spiro atoms. The molecule has 3 aromatic carbocycles. The van der Waals surface area contributed by atoms with Crippen LogP contribution in [0.3, 0.4) is 0 Å². The number of esters is 1. The Hall–Kier alpha value is -5.36. The Morgan fingerprint density at radius 3 is 2.30 bits per heavy atom. The number of imide groups is 1. The third-order valence-corrected chi connectivity index (χ3v) is 11.7. The van der Waals surface area contributed by atoms with E-state index in [2.05, 4.69) is 4.98 Å². The van der Waals surface area contributed by atoms with Crippen LogP contribution in [0.4, 0.5) is 0 Å². The molecule has 4 amide bonds. The van der Waals surface area contributed by atoms with Crippen molar-refractivity contribution in [3.05, 3.63) is 117 Å². The van der Waals surface area contributed by atoms with E-state index in [1.807, 2.05) is 48.5 Å². The van der Waals surface area contributed by atoms with Crippen molar-refractivity contribution in [3.8, 4) is 5.75 Å². The molecule has 4 atom stereocenters. The summed E-state index contributed by atoms with van der Waals surface area (Å²) >= 11 is 1.30. The first-order valence-electron chi connectivity index (χ1n) is 18.3. The van der Waals surface area contributed by atoms with Gasteiger partial charge < -0.3 is 19.3 Å². The van der Waals surface area contributed by atoms with Gasteiger partial charge in [-0.25, -0.2) is 0 Å². The summed E-state index contributed by atoms with van der Waals surface area (Å²) in [4.78, 5) is 78.4. The van der Waals surface area contributed by atoms with Crippen molar-refractivity contribution in [1.29, 1.82) is 0 Å². The van der Waals surface area contributed by atoms with Crippen molar-refractivity contribution in [2.24, 2.45) is 11.8 Å². The Labute approximate surface area is 311 Å². The summed E-state index contributed by atoms with van der Waals surface area (Å²) in [7, 11) is 0. The molecule has 0 N–H and O–H groups in total. The first-order chi connectivity index (χ1) is 25.9. The molecule has 12 heteroatoms. The van der Waals surface area contributed by atoms with Crippen molar-refractivity contribution < 1.29 is 33.4 Å². The Kier molecular flexibility index (Phi) is 9.78. The molecule has 1 saturated heterocycles. The molecule has 0 bridgehead atoms. The van der Waals surface area contributed by atoms with Gasteiger partial charge in [-0.05, 0) is 48.6 Å². The average molecular weight is 733 g/mol. The number of likely N-dealkylation sites (tertiary alicyclic amines) is 1. The molecular formula is C41H40N4O7S. The van der Waals surface area contributed by atoms with Crippen molar-refractivity contribution in [3.63, 3.8) is 0 Å². The van der Waals surface area contributed by atoms with Gasteiger partial charge in [0.2, 0.25) is 5.91 Å². The standard InChI is InChI=1S/C41H40N4O7S/c46-37(31-14-6-7-15-32(31)41(50)51-24-26-9-2-1-3-10-26)44-20-17-27-11-8-16-34(52-28-18-19-43(22-28)40(49)35-21-42-25-53-35)36(27)33(44)23-45-38(47)29-12-4-5-13-30(29)39(45)48/h1-5,8-13,16,21,25,28,31-33H,6-7,14-15,17-20,22-24H2/t28-,31+,32-,33+/m0/s1. The fraction of sp³-hybridized carbons (Fsp3) is 0.366. The topological polar surface area (TPSA) is 126 Å². The molecule has 1 aromatic heterocycles. The lowest BCUT2D eigenvalue weighted by Gasteiger charge is -2.42. The maximum absolute atomic E-state index is 14.8. The van der Waals surface area contributed by atoms with Gasteiger partial charge in [-0.15, -0.1) is 11.3 Å². The lowest BCUT2D eigenvalue weighted by atomic mass is 9.77. The minimum atomic E-state index is -0.719. The van der Waals surface area contributed by atoms with E-state index in [9.17, 15) is 24.0 Å². The fourth-order valence-corrected chi connectivity index (χ4v) is 8.88. The van der Waals surface area contributed by atoms with E-state index in [1.165, 1.54) is 16.2 Å². The summed E-state index contributed by atoms with van der Waals surface area (Å²) in [6, 6.07) is 21.3. The van der Waals surface area contributed by atoms with E-state index < -0.39 is 29.7 Å². The Bertz CT molecular complexity index is 2000. The molecule has 0 unspecified atom stereocenters. The van der Waals surface area contributed by atoms with Crippen LogP contribution in [0.15, 0.2) is 84.5 Å². The number of rotatable bonds is 9. The molecule has 8 rings (SSSR count). The van der Waals surface area contributed by atoms with Crippen LogP contribution in [0.5, 0.6) is 5.75 Å². The first kappa shape index (κ1) is 34.7. The number of thiazole rings is 1. The molecule has 0 radical (unpaired) electrons. The second-order valence-electron chi connectivity index (χ2n) is 14.1. The van der Waals surface area contributed by atoms with Crippen LogP contribution in [0.1, 0.15) is 85.2 Å².